The molecule has 2 heterocycles. The van der Waals surface area contributed by atoms with E-state index < -0.39 is 5.54 Å². The molecule has 0 radical (unpaired) electrons. The third-order valence-electron chi connectivity index (χ3n) is 3.18. The van der Waals surface area contributed by atoms with Crippen molar-refractivity contribution in [2.45, 2.75) is 25.9 Å². The standard InChI is InChI=1S/C11H18N4OS/c1-11(2)9(16)14(3)4-5-15(11)10-13-7-8(6-12)17-10/h7H,4-6,12H2,1-3H3. The third-order valence-corrected chi connectivity index (χ3v) is 4.22. The highest BCUT2D eigenvalue weighted by Gasteiger charge is 2.41. The number of rotatable bonds is 2. The number of likely N-dealkylation sites (N-methyl/N-ethyl adjacent to an activating group) is 1. The summed E-state index contributed by atoms with van der Waals surface area (Å²) in [5.41, 5.74) is 5.06. The molecule has 1 saturated heterocycles. The van der Waals surface area contributed by atoms with Crippen molar-refractivity contribution in [3.05, 3.63) is 11.1 Å². The first-order chi connectivity index (χ1) is 7.96. The van der Waals surface area contributed by atoms with Gasteiger partial charge in [-0.15, -0.1) is 11.3 Å². The Labute approximate surface area is 105 Å². The van der Waals surface area contributed by atoms with Gasteiger partial charge >= 0.3 is 0 Å². The van der Waals surface area contributed by atoms with Crippen LogP contribution in [0.5, 0.6) is 0 Å². The lowest BCUT2D eigenvalue weighted by molar-refractivity contribution is -0.136. The number of hydrogen-bond acceptors (Lipinski definition) is 5. The maximum atomic E-state index is 12.1. The van der Waals surface area contributed by atoms with Crippen molar-refractivity contribution in [3.8, 4) is 0 Å². The monoisotopic (exact) mass is 254 g/mol. The summed E-state index contributed by atoms with van der Waals surface area (Å²) in [5, 5.41) is 0.886. The number of nitrogens with two attached hydrogens (primary N) is 1. The molecule has 0 saturated carbocycles. The Hall–Kier alpha value is -1.14. The van der Waals surface area contributed by atoms with Crippen molar-refractivity contribution in [3.63, 3.8) is 0 Å². The van der Waals surface area contributed by atoms with Gasteiger partial charge in [0.15, 0.2) is 5.13 Å². The van der Waals surface area contributed by atoms with Gasteiger partial charge in [-0.1, -0.05) is 0 Å². The van der Waals surface area contributed by atoms with E-state index in [0.717, 1.165) is 23.1 Å². The fourth-order valence-electron chi connectivity index (χ4n) is 2.06. The Kier molecular flexibility index (Phi) is 3.09. The molecule has 2 N–H and O–H groups in total. The first kappa shape index (κ1) is 12.3. The molecular weight excluding hydrogens is 236 g/mol. The summed E-state index contributed by atoms with van der Waals surface area (Å²) in [6.07, 6.45) is 1.79. The van der Waals surface area contributed by atoms with Gasteiger partial charge in [0.05, 0.1) is 0 Å². The van der Waals surface area contributed by atoms with E-state index in [4.69, 9.17) is 5.73 Å². The maximum absolute atomic E-state index is 12.1. The first-order valence-corrected chi connectivity index (χ1v) is 6.46. The van der Waals surface area contributed by atoms with Gasteiger partial charge in [0.1, 0.15) is 5.54 Å². The van der Waals surface area contributed by atoms with Crippen LogP contribution in [0.15, 0.2) is 6.20 Å². The maximum Gasteiger partial charge on any atom is 0.247 e. The minimum Gasteiger partial charge on any atom is -0.342 e. The summed E-state index contributed by atoms with van der Waals surface area (Å²) in [4.78, 5) is 21.4. The quantitative estimate of drug-likeness (QED) is 0.842. The number of aromatic nitrogens is 1. The number of amides is 1. The highest BCUT2D eigenvalue weighted by Crippen LogP contribution is 2.31. The van der Waals surface area contributed by atoms with E-state index in [-0.39, 0.29) is 5.91 Å². The van der Waals surface area contributed by atoms with Crippen molar-refractivity contribution in [2.75, 3.05) is 25.0 Å². The number of carbonyl (C=O) groups excluding carboxylic acids is 1. The van der Waals surface area contributed by atoms with E-state index in [0.29, 0.717) is 6.54 Å². The second-order valence-electron chi connectivity index (χ2n) is 4.75. The normalized spacial score (nSPS) is 19.9. The molecule has 1 fully saturated rings. The molecule has 0 spiro atoms. The topological polar surface area (TPSA) is 62.5 Å². The van der Waals surface area contributed by atoms with Crippen LogP contribution in [0.4, 0.5) is 5.13 Å². The predicted molar refractivity (Wildman–Crippen MR) is 69.1 cm³/mol. The van der Waals surface area contributed by atoms with Crippen LogP contribution in [-0.2, 0) is 11.3 Å². The van der Waals surface area contributed by atoms with Crippen LogP contribution in [0.3, 0.4) is 0 Å². The van der Waals surface area contributed by atoms with E-state index in [1.54, 1.807) is 22.4 Å². The summed E-state index contributed by atoms with van der Waals surface area (Å²) in [5.74, 6) is 0.133. The molecule has 0 bridgehead atoms. The van der Waals surface area contributed by atoms with Crippen molar-refractivity contribution in [1.82, 2.24) is 9.88 Å². The first-order valence-electron chi connectivity index (χ1n) is 5.65. The van der Waals surface area contributed by atoms with Crippen LogP contribution in [0, 0.1) is 0 Å². The zero-order valence-electron chi connectivity index (χ0n) is 10.4. The van der Waals surface area contributed by atoms with Gasteiger partial charge < -0.3 is 15.5 Å². The zero-order valence-corrected chi connectivity index (χ0v) is 11.3. The summed E-state index contributed by atoms with van der Waals surface area (Å²) < 4.78 is 0. The van der Waals surface area contributed by atoms with Crippen LogP contribution >= 0.6 is 11.3 Å². The molecule has 5 nitrogen and oxygen atoms in total. The molecule has 17 heavy (non-hydrogen) atoms. The van der Waals surface area contributed by atoms with E-state index in [2.05, 4.69) is 9.88 Å². The lowest BCUT2D eigenvalue weighted by atomic mass is 9.99. The molecular formula is C11H18N4OS. The van der Waals surface area contributed by atoms with E-state index in [1.807, 2.05) is 20.9 Å². The molecule has 1 amide bonds. The lowest BCUT2D eigenvalue weighted by Gasteiger charge is -2.44. The molecule has 6 heteroatoms. The summed E-state index contributed by atoms with van der Waals surface area (Å²) in [7, 11) is 1.84. The predicted octanol–water partition coefficient (Wildman–Crippen LogP) is 0.659. The molecule has 2 rings (SSSR count). The molecule has 1 aromatic rings. The number of anilines is 1. The van der Waals surface area contributed by atoms with Crippen LogP contribution in [0.1, 0.15) is 18.7 Å². The smallest absolute Gasteiger partial charge is 0.247 e. The van der Waals surface area contributed by atoms with Crippen molar-refractivity contribution >= 4 is 22.4 Å². The third kappa shape index (κ3) is 2.02. The van der Waals surface area contributed by atoms with Crippen molar-refractivity contribution in [1.29, 1.82) is 0 Å². The second-order valence-corrected chi connectivity index (χ2v) is 5.84. The Balaban J connectivity index is 2.29. The minimum absolute atomic E-state index is 0.133. The summed E-state index contributed by atoms with van der Waals surface area (Å²) in [6.45, 7) is 5.93. The van der Waals surface area contributed by atoms with Gasteiger partial charge in [-0.3, -0.25) is 4.79 Å². The number of carbonyl (C=O) groups is 1. The zero-order chi connectivity index (χ0) is 12.6. The van der Waals surface area contributed by atoms with E-state index in [9.17, 15) is 4.79 Å². The molecule has 94 valence electrons. The van der Waals surface area contributed by atoms with Gasteiger partial charge in [-0.25, -0.2) is 4.98 Å². The van der Waals surface area contributed by atoms with Gasteiger partial charge in [0.25, 0.3) is 0 Å². The Morgan fingerprint density at radius 3 is 2.82 bits per heavy atom. The average molecular weight is 254 g/mol. The number of piperazine rings is 1. The highest BCUT2D eigenvalue weighted by atomic mass is 32.1. The molecule has 0 aliphatic carbocycles. The molecule has 0 atom stereocenters. The number of hydrogen-bond donors (Lipinski definition) is 1. The van der Waals surface area contributed by atoms with Gasteiger partial charge in [0.2, 0.25) is 5.91 Å². The highest BCUT2D eigenvalue weighted by molar-refractivity contribution is 7.15. The summed E-state index contributed by atoms with van der Waals surface area (Å²) >= 11 is 1.56. The van der Waals surface area contributed by atoms with Gasteiger partial charge in [0, 0.05) is 37.8 Å². The van der Waals surface area contributed by atoms with Gasteiger partial charge in [-0.05, 0) is 13.8 Å². The molecule has 1 aliphatic rings. The molecule has 1 aliphatic heterocycles. The number of nitrogens with zero attached hydrogens (tertiary/aromatic N) is 3. The van der Waals surface area contributed by atoms with E-state index >= 15 is 0 Å². The Morgan fingerprint density at radius 1 is 1.53 bits per heavy atom. The van der Waals surface area contributed by atoms with Crippen LogP contribution in [0.25, 0.3) is 0 Å². The molecule has 0 aromatic carbocycles. The van der Waals surface area contributed by atoms with Crippen LogP contribution in [-0.4, -0.2) is 41.5 Å². The Bertz CT molecular complexity index is 429. The largest absolute Gasteiger partial charge is 0.342 e. The second kappa shape index (κ2) is 4.27. The van der Waals surface area contributed by atoms with Crippen LogP contribution < -0.4 is 10.6 Å². The summed E-state index contributed by atoms with van der Waals surface area (Å²) in [6, 6.07) is 0. The number of thiazole rings is 1. The van der Waals surface area contributed by atoms with E-state index in [1.165, 1.54) is 0 Å². The van der Waals surface area contributed by atoms with Crippen molar-refractivity contribution in [2.24, 2.45) is 5.73 Å². The fraction of sp³-hybridized carbons (Fsp3) is 0.636. The van der Waals surface area contributed by atoms with Crippen molar-refractivity contribution < 1.29 is 4.79 Å². The Morgan fingerprint density at radius 2 is 2.24 bits per heavy atom. The van der Waals surface area contributed by atoms with Gasteiger partial charge in [-0.2, -0.15) is 0 Å². The average Bonchev–Trinajstić information content (AvgIpc) is 2.74. The lowest BCUT2D eigenvalue weighted by Crippen LogP contribution is -2.62. The molecule has 0 unspecified atom stereocenters. The molecule has 1 aromatic heterocycles. The SMILES string of the molecule is CN1CCN(c2ncc(CN)s2)C(C)(C)C1=O. The fourth-order valence-corrected chi connectivity index (χ4v) is 3.02. The van der Waals surface area contributed by atoms with Crippen LogP contribution in [0.2, 0.25) is 0 Å². The minimum atomic E-state index is -0.531.